The highest BCUT2D eigenvalue weighted by Gasteiger charge is 2.28. The lowest BCUT2D eigenvalue weighted by molar-refractivity contribution is 0.0599. The van der Waals surface area contributed by atoms with Crippen LogP contribution in [0.5, 0.6) is 5.75 Å². The molecule has 1 amide bonds. The Kier molecular flexibility index (Phi) is 6.42. The lowest BCUT2D eigenvalue weighted by Crippen LogP contribution is -2.28. The van der Waals surface area contributed by atoms with Gasteiger partial charge in [-0.1, -0.05) is 6.07 Å². The summed E-state index contributed by atoms with van der Waals surface area (Å²) in [5.41, 5.74) is 1.36. The summed E-state index contributed by atoms with van der Waals surface area (Å²) in [7, 11) is -0.997. The first kappa shape index (κ1) is 21.8. The Bertz CT molecular complexity index is 1070. The standard InChI is InChI=1S/C21H24N2O6S/c1-14-16(21(25)29-3)7-6-8-18(14)22-20(24)17-13-15(9-10-19(17)28-2)30(26,27)23-11-4-5-12-23/h6-10,13H,4-5,11-12H2,1-3H3,(H,22,24). The second-order valence-corrected chi connectivity index (χ2v) is 8.84. The second-order valence-electron chi connectivity index (χ2n) is 6.90. The molecule has 0 bridgehead atoms. The largest absolute Gasteiger partial charge is 0.496 e. The predicted molar refractivity (Wildman–Crippen MR) is 111 cm³/mol. The van der Waals surface area contributed by atoms with Gasteiger partial charge in [0.25, 0.3) is 5.91 Å². The Morgan fingerprint density at radius 2 is 1.73 bits per heavy atom. The molecule has 160 valence electrons. The number of methoxy groups -OCH3 is 2. The van der Waals surface area contributed by atoms with Crippen LogP contribution in [-0.2, 0) is 14.8 Å². The number of hydrogen-bond donors (Lipinski definition) is 1. The molecule has 0 spiro atoms. The molecule has 1 N–H and O–H groups in total. The van der Waals surface area contributed by atoms with Gasteiger partial charge in [0, 0.05) is 18.8 Å². The molecular formula is C21H24N2O6S. The average Bonchev–Trinajstić information content (AvgIpc) is 3.30. The zero-order valence-electron chi connectivity index (χ0n) is 17.1. The Morgan fingerprint density at radius 3 is 2.37 bits per heavy atom. The van der Waals surface area contributed by atoms with Gasteiger partial charge >= 0.3 is 5.97 Å². The van der Waals surface area contributed by atoms with E-state index >= 15 is 0 Å². The molecule has 0 unspecified atom stereocenters. The third-order valence-electron chi connectivity index (χ3n) is 5.11. The lowest BCUT2D eigenvalue weighted by Gasteiger charge is -2.17. The molecular weight excluding hydrogens is 408 g/mol. The molecule has 0 aliphatic carbocycles. The first-order valence-corrected chi connectivity index (χ1v) is 10.9. The Balaban J connectivity index is 1.95. The van der Waals surface area contributed by atoms with Crippen molar-refractivity contribution in [1.29, 1.82) is 0 Å². The smallest absolute Gasteiger partial charge is 0.338 e. The molecule has 8 nitrogen and oxygen atoms in total. The van der Waals surface area contributed by atoms with E-state index in [9.17, 15) is 18.0 Å². The molecule has 1 fully saturated rings. The van der Waals surface area contributed by atoms with Crippen molar-refractivity contribution in [2.75, 3.05) is 32.6 Å². The van der Waals surface area contributed by atoms with E-state index in [1.54, 1.807) is 25.1 Å². The summed E-state index contributed by atoms with van der Waals surface area (Å²) >= 11 is 0. The molecule has 1 heterocycles. The third kappa shape index (κ3) is 4.17. The number of rotatable bonds is 6. The zero-order chi connectivity index (χ0) is 21.9. The van der Waals surface area contributed by atoms with Gasteiger partial charge in [0.2, 0.25) is 10.0 Å². The zero-order valence-corrected chi connectivity index (χ0v) is 17.9. The van der Waals surface area contributed by atoms with Crippen molar-refractivity contribution >= 4 is 27.6 Å². The topological polar surface area (TPSA) is 102 Å². The van der Waals surface area contributed by atoms with Crippen LogP contribution in [-0.4, -0.2) is 51.9 Å². The van der Waals surface area contributed by atoms with Crippen LogP contribution < -0.4 is 10.1 Å². The summed E-state index contributed by atoms with van der Waals surface area (Å²) in [5.74, 6) is -0.815. The molecule has 1 aliphatic rings. The first-order chi connectivity index (χ1) is 14.3. The number of nitrogens with one attached hydrogen (secondary N) is 1. The molecule has 30 heavy (non-hydrogen) atoms. The SMILES string of the molecule is COC(=O)c1cccc(NC(=O)c2cc(S(=O)(=O)N3CCCC3)ccc2OC)c1C. The molecule has 2 aromatic carbocycles. The van der Waals surface area contributed by atoms with Crippen molar-refractivity contribution in [2.45, 2.75) is 24.7 Å². The van der Waals surface area contributed by atoms with Crippen molar-refractivity contribution in [3.63, 3.8) is 0 Å². The maximum atomic E-state index is 13.0. The lowest BCUT2D eigenvalue weighted by atomic mass is 10.1. The summed E-state index contributed by atoms with van der Waals surface area (Å²) in [6.07, 6.45) is 1.64. The molecule has 0 radical (unpaired) electrons. The summed E-state index contributed by atoms with van der Waals surface area (Å²) in [4.78, 5) is 24.9. The van der Waals surface area contributed by atoms with Crippen LogP contribution in [0.3, 0.4) is 0 Å². The maximum absolute atomic E-state index is 13.0. The predicted octanol–water partition coefficient (Wildman–Crippen LogP) is 2.83. The van der Waals surface area contributed by atoms with Gasteiger partial charge < -0.3 is 14.8 Å². The molecule has 1 aliphatic heterocycles. The molecule has 9 heteroatoms. The average molecular weight is 432 g/mol. The van der Waals surface area contributed by atoms with E-state index in [-0.39, 0.29) is 16.2 Å². The van der Waals surface area contributed by atoms with Crippen LogP contribution in [0.4, 0.5) is 5.69 Å². The molecule has 0 atom stereocenters. The van der Waals surface area contributed by atoms with Gasteiger partial charge in [0.05, 0.1) is 30.2 Å². The van der Waals surface area contributed by atoms with Gasteiger partial charge in [-0.05, 0) is 55.7 Å². The van der Waals surface area contributed by atoms with Crippen molar-refractivity contribution in [2.24, 2.45) is 0 Å². The molecule has 0 aromatic heterocycles. The van der Waals surface area contributed by atoms with Gasteiger partial charge in [0.15, 0.2) is 0 Å². The monoisotopic (exact) mass is 432 g/mol. The van der Waals surface area contributed by atoms with E-state index in [1.165, 1.54) is 36.7 Å². The normalized spacial score (nSPS) is 14.4. The van der Waals surface area contributed by atoms with Gasteiger partial charge in [-0.15, -0.1) is 0 Å². The summed E-state index contributed by atoms with van der Waals surface area (Å²) in [6.45, 7) is 2.62. The quantitative estimate of drug-likeness (QED) is 0.705. The number of ether oxygens (including phenoxy) is 2. The number of sulfonamides is 1. The number of carbonyl (C=O) groups excluding carboxylic acids is 2. The summed E-state index contributed by atoms with van der Waals surface area (Å²) in [5, 5.41) is 2.73. The van der Waals surface area contributed by atoms with Gasteiger partial charge in [-0.3, -0.25) is 4.79 Å². The fourth-order valence-corrected chi connectivity index (χ4v) is 4.94. The number of amides is 1. The van der Waals surface area contributed by atoms with Crippen molar-refractivity contribution in [1.82, 2.24) is 4.31 Å². The van der Waals surface area contributed by atoms with Gasteiger partial charge in [-0.25, -0.2) is 13.2 Å². The van der Waals surface area contributed by atoms with Crippen LogP contribution >= 0.6 is 0 Å². The third-order valence-corrected chi connectivity index (χ3v) is 7.00. The fourth-order valence-electron chi connectivity index (χ4n) is 3.39. The molecule has 0 saturated carbocycles. The first-order valence-electron chi connectivity index (χ1n) is 9.47. The number of anilines is 1. The second kappa shape index (κ2) is 8.85. The minimum absolute atomic E-state index is 0.0374. The highest BCUT2D eigenvalue weighted by molar-refractivity contribution is 7.89. The van der Waals surface area contributed by atoms with Crippen LogP contribution in [0.25, 0.3) is 0 Å². The van der Waals surface area contributed by atoms with E-state index in [0.717, 1.165) is 12.8 Å². The molecule has 3 rings (SSSR count). The minimum Gasteiger partial charge on any atom is -0.496 e. The van der Waals surface area contributed by atoms with Crippen molar-refractivity contribution in [3.8, 4) is 5.75 Å². The van der Waals surface area contributed by atoms with Crippen LogP contribution in [0.1, 0.15) is 39.1 Å². The number of esters is 1. The Morgan fingerprint density at radius 1 is 1.03 bits per heavy atom. The Hall–Kier alpha value is -2.91. The molecule has 1 saturated heterocycles. The number of nitrogens with zero attached hydrogens (tertiary/aromatic N) is 1. The summed E-state index contributed by atoms with van der Waals surface area (Å²) in [6, 6.07) is 9.10. The van der Waals surface area contributed by atoms with Crippen molar-refractivity contribution in [3.05, 3.63) is 53.1 Å². The van der Waals surface area contributed by atoms with Crippen LogP contribution in [0.15, 0.2) is 41.3 Å². The van der Waals surface area contributed by atoms with E-state index < -0.39 is 21.9 Å². The van der Waals surface area contributed by atoms with E-state index in [0.29, 0.717) is 29.9 Å². The summed E-state index contributed by atoms with van der Waals surface area (Å²) < 4.78 is 37.2. The fraction of sp³-hybridized carbons (Fsp3) is 0.333. The molecule has 2 aromatic rings. The van der Waals surface area contributed by atoms with Gasteiger partial charge in [-0.2, -0.15) is 4.31 Å². The highest BCUT2D eigenvalue weighted by atomic mass is 32.2. The number of benzene rings is 2. The minimum atomic E-state index is -3.69. The number of hydrogen-bond acceptors (Lipinski definition) is 6. The highest BCUT2D eigenvalue weighted by Crippen LogP contribution is 2.28. The maximum Gasteiger partial charge on any atom is 0.338 e. The van der Waals surface area contributed by atoms with Crippen LogP contribution in [0.2, 0.25) is 0 Å². The Labute approximate surface area is 175 Å². The van der Waals surface area contributed by atoms with Gasteiger partial charge in [0.1, 0.15) is 5.75 Å². The van der Waals surface area contributed by atoms with E-state index in [2.05, 4.69) is 5.32 Å². The van der Waals surface area contributed by atoms with E-state index in [1.807, 2.05) is 0 Å². The van der Waals surface area contributed by atoms with Crippen molar-refractivity contribution < 1.29 is 27.5 Å². The van der Waals surface area contributed by atoms with Crippen LogP contribution in [0, 0.1) is 6.92 Å². The number of carbonyl (C=O) groups is 2. The van der Waals surface area contributed by atoms with E-state index in [4.69, 9.17) is 9.47 Å².